The Bertz CT molecular complexity index is 993. The Morgan fingerprint density at radius 3 is 2.29 bits per heavy atom. The van der Waals surface area contributed by atoms with Crippen molar-refractivity contribution in [3.63, 3.8) is 0 Å². The molecule has 11 heteroatoms. The van der Waals surface area contributed by atoms with Gasteiger partial charge in [-0.05, 0) is 37.3 Å². The van der Waals surface area contributed by atoms with Crippen molar-refractivity contribution in [1.29, 1.82) is 0 Å². The molecule has 1 N–H and O–H groups in total. The molecule has 152 valence electrons. The lowest BCUT2D eigenvalue weighted by molar-refractivity contribution is -0.137. The van der Waals surface area contributed by atoms with Gasteiger partial charge in [0, 0.05) is 6.07 Å². The number of alkyl halides is 3. The zero-order valence-electron chi connectivity index (χ0n) is 14.6. The van der Waals surface area contributed by atoms with Crippen LogP contribution in [-0.2, 0) is 21.0 Å². The van der Waals surface area contributed by atoms with Gasteiger partial charge in [0.2, 0.25) is 15.9 Å². The van der Waals surface area contributed by atoms with E-state index in [0.29, 0.717) is 16.4 Å². The van der Waals surface area contributed by atoms with Crippen molar-refractivity contribution in [2.75, 3.05) is 15.9 Å². The van der Waals surface area contributed by atoms with Crippen LogP contribution < -0.4 is 9.62 Å². The van der Waals surface area contributed by atoms with Gasteiger partial charge in [0.15, 0.2) is 0 Å². The first kappa shape index (κ1) is 21.6. The minimum absolute atomic E-state index is 0.389. The lowest BCUT2D eigenvalue weighted by Crippen LogP contribution is -2.45. The summed E-state index contributed by atoms with van der Waals surface area (Å²) < 4.78 is 90.2. The van der Waals surface area contributed by atoms with Crippen molar-refractivity contribution in [2.45, 2.75) is 19.1 Å². The Morgan fingerprint density at radius 1 is 1.11 bits per heavy atom. The summed E-state index contributed by atoms with van der Waals surface area (Å²) in [4.78, 5) is 12.4. The fourth-order valence-corrected chi connectivity index (χ4v) is 3.62. The van der Waals surface area contributed by atoms with E-state index in [2.05, 4.69) is 5.32 Å². The topological polar surface area (TPSA) is 66.5 Å². The van der Waals surface area contributed by atoms with Gasteiger partial charge in [-0.3, -0.25) is 9.10 Å². The minimum Gasteiger partial charge on any atom is -0.322 e. The highest BCUT2D eigenvalue weighted by molar-refractivity contribution is 7.92. The lowest BCUT2D eigenvalue weighted by Gasteiger charge is -2.28. The van der Waals surface area contributed by atoms with Crippen molar-refractivity contribution in [1.82, 2.24) is 0 Å². The molecule has 0 aliphatic rings. The lowest BCUT2D eigenvalue weighted by atomic mass is 10.1. The van der Waals surface area contributed by atoms with Crippen LogP contribution >= 0.6 is 0 Å². The van der Waals surface area contributed by atoms with E-state index in [1.165, 1.54) is 0 Å². The Balaban J connectivity index is 2.39. The Labute approximate surface area is 157 Å². The summed E-state index contributed by atoms with van der Waals surface area (Å²) in [6, 6.07) is 4.24. The van der Waals surface area contributed by atoms with Crippen LogP contribution in [0.1, 0.15) is 12.5 Å². The van der Waals surface area contributed by atoms with E-state index in [4.69, 9.17) is 0 Å². The van der Waals surface area contributed by atoms with E-state index in [1.54, 1.807) is 0 Å². The molecular weight excluding hydrogens is 407 g/mol. The molecule has 0 spiro atoms. The van der Waals surface area contributed by atoms with Gasteiger partial charge < -0.3 is 5.32 Å². The quantitative estimate of drug-likeness (QED) is 0.746. The van der Waals surface area contributed by atoms with Gasteiger partial charge in [-0.25, -0.2) is 17.2 Å². The Morgan fingerprint density at radius 2 is 1.75 bits per heavy atom. The zero-order valence-corrected chi connectivity index (χ0v) is 15.4. The van der Waals surface area contributed by atoms with Crippen LogP contribution in [0.15, 0.2) is 42.5 Å². The molecule has 0 fully saturated rings. The number of benzene rings is 2. The first-order valence-electron chi connectivity index (χ1n) is 7.73. The van der Waals surface area contributed by atoms with Crippen molar-refractivity contribution in [3.05, 3.63) is 59.7 Å². The number of carbonyl (C=O) groups is 1. The highest BCUT2D eigenvalue weighted by atomic mass is 32.2. The average molecular weight is 422 g/mol. The fourth-order valence-electron chi connectivity index (χ4n) is 2.46. The van der Waals surface area contributed by atoms with Crippen molar-refractivity contribution in [2.24, 2.45) is 0 Å². The predicted octanol–water partition coefficient (Wildman–Crippen LogP) is 3.78. The number of hydrogen-bond acceptors (Lipinski definition) is 3. The molecular formula is C17H15F5N2O3S. The standard InChI is InChI=1S/C17H15F5N2O3S/c1-10(16(25)23-15-7-6-12(18)9-14(15)19)24(28(2,26)27)13-5-3-4-11(8-13)17(20,21)22/h3-10H,1-2H3,(H,23,25)/t10-/m1/s1. The summed E-state index contributed by atoms with van der Waals surface area (Å²) in [6.07, 6.45) is -4.00. The molecule has 0 heterocycles. The molecule has 2 rings (SSSR count). The van der Waals surface area contributed by atoms with E-state index >= 15 is 0 Å². The minimum atomic E-state index is -4.72. The third kappa shape index (κ3) is 4.97. The van der Waals surface area contributed by atoms with Crippen molar-refractivity contribution >= 4 is 27.3 Å². The van der Waals surface area contributed by atoms with Gasteiger partial charge >= 0.3 is 6.18 Å². The van der Waals surface area contributed by atoms with E-state index in [-0.39, 0.29) is 5.69 Å². The summed E-state index contributed by atoms with van der Waals surface area (Å²) in [5, 5.41) is 2.10. The number of carbonyl (C=O) groups excluding carboxylic acids is 1. The molecule has 5 nitrogen and oxygen atoms in total. The van der Waals surface area contributed by atoms with Gasteiger partial charge in [0.1, 0.15) is 17.7 Å². The number of nitrogens with zero attached hydrogens (tertiary/aromatic N) is 1. The number of halogens is 5. The average Bonchev–Trinajstić information content (AvgIpc) is 2.55. The van der Waals surface area contributed by atoms with Gasteiger partial charge in [0.05, 0.1) is 23.2 Å². The van der Waals surface area contributed by atoms with Crippen molar-refractivity contribution in [3.8, 4) is 0 Å². The van der Waals surface area contributed by atoms with Gasteiger partial charge in [0.25, 0.3) is 0 Å². The zero-order chi connectivity index (χ0) is 21.3. The molecule has 0 radical (unpaired) electrons. The molecule has 1 atom stereocenters. The second-order valence-corrected chi connectivity index (χ2v) is 7.76. The first-order valence-corrected chi connectivity index (χ1v) is 9.58. The first-order chi connectivity index (χ1) is 12.8. The van der Waals surface area contributed by atoms with Crippen LogP contribution in [0.4, 0.5) is 33.3 Å². The number of rotatable bonds is 5. The summed E-state index contributed by atoms with van der Waals surface area (Å²) in [6.45, 7) is 1.12. The molecule has 0 aliphatic heterocycles. The van der Waals surface area contributed by atoms with Gasteiger partial charge in [-0.2, -0.15) is 13.2 Å². The van der Waals surface area contributed by atoms with E-state index in [9.17, 15) is 35.2 Å². The molecule has 2 aromatic carbocycles. The van der Waals surface area contributed by atoms with Crippen LogP contribution in [0.3, 0.4) is 0 Å². The highest BCUT2D eigenvalue weighted by Gasteiger charge is 2.34. The summed E-state index contributed by atoms with van der Waals surface area (Å²) in [5.74, 6) is -3.00. The maximum atomic E-state index is 13.7. The van der Waals surface area contributed by atoms with Crippen LogP contribution in [0.5, 0.6) is 0 Å². The molecule has 28 heavy (non-hydrogen) atoms. The molecule has 0 saturated heterocycles. The third-order valence-corrected chi connectivity index (χ3v) is 4.95. The summed E-state index contributed by atoms with van der Waals surface area (Å²) in [5.41, 5.74) is -1.90. The van der Waals surface area contributed by atoms with Gasteiger partial charge in [-0.15, -0.1) is 0 Å². The Kier molecular flexibility index (Phi) is 5.97. The monoisotopic (exact) mass is 422 g/mol. The molecule has 0 unspecified atom stereocenters. The number of amides is 1. The normalized spacial score (nSPS) is 13.1. The maximum Gasteiger partial charge on any atom is 0.416 e. The SMILES string of the molecule is C[C@H](C(=O)Nc1ccc(F)cc1F)N(c1cccc(C(F)(F)F)c1)S(C)(=O)=O. The number of nitrogens with one attached hydrogen (secondary N) is 1. The summed E-state index contributed by atoms with van der Waals surface area (Å²) in [7, 11) is -4.18. The summed E-state index contributed by atoms with van der Waals surface area (Å²) >= 11 is 0. The molecule has 0 saturated carbocycles. The van der Waals surface area contributed by atoms with Crippen LogP contribution in [0.2, 0.25) is 0 Å². The molecule has 0 bridgehead atoms. The van der Waals surface area contributed by atoms with Crippen molar-refractivity contribution < 1.29 is 35.2 Å². The van der Waals surface area contributed by atoms with Gasteiger partial charge in [-0.1, -0.05) is 6.07 Å². The predicted molar refractivity (Wildman–Crippen MR) is 93.2 cm³/mol. The Hall–Kier alpha value is -2.69. The second kappa shape index (κ2) is 7.74. The molecule has 2 aromatic rings. The molecule has 0 aliphatic carbocycles. The molecule has 0 aromatic heterocycles. The van der Waals surface area contributed by atoms with E-state index < -0.39 is 51.0 Å². The number of hydrogen-bond donors (Lipinski definition) is 1. The van der Waals surface area contributed by atoms with E-state index in [1.807, 2.05) is 0 Å². The van der Waals surface area contributed by atoms with Crippen LogP contribution in [0.25, 0.3) is 0 Å². The maximum absolute atomic E-state index is 13.7. The largest absolute Gasteiger partial charge is 0.416 e. The van der Waals surface area contributed by atoms with Crippen LogP contribution in [-0.4, -0.2) is 26.6 Å². The van der Waals surface area contributed by atoms with E-state index in [0.717, 1.165) is 43.5 Å². The van der Waals surface area contributed by atoms with Crippen LogP contribution in [0, 0.1) is 11.6 Å². The number of sulfonamides is 1. The fraction of sp³-hybridized carbons (Fsp3) is 0.235. The third-order valence-electron chi connectivity index (χ3n) is 3.71. The molecule has 1 amide bonds. The smallest absolute Gasteiger partial charge is 0.322 e. The highest BCUT2D eigenvalue weighted by Crippen LogP contribution is 2.33. The second-order valence-electron chi connectivity index (χ2n) is 5.90. The number of anilines is 2.